The maximum atomic E-state index is 12.1. The number of nitrogens with one attached hydrogen (secondary N) is 2. The highest BCUT2D eigenvalue weighted by atomic mass is 32.2. The minimum Gasteiger partial charge on any atom is -0.310 e. The summed E-state index contributed by atoms with van der Waals surface area (Å²) < 4.78 is 26.6. The summed E-state index contributed by atoms with van der Waals surface area (Å²) in [5, 5.41) is 10.8. The van der Waals surface area contributed by atoms with Crippen LogP contribution < -0.4 is 16.0 Å². The maximum Gasteiger partial charge on any atom is 0.306 e. The lowest BCUT2D eigenvalue weighted by molar-refractivity contribution is -0.383. The normalized spacial score (nSPS) is 13.4. The number of nitrogens with zero attached hydrogens (tertiary/aromatic N) is 1. The van der Waals surface area contributed by atoms with Crippen LogP contribution >= 0.6 is 11.3 Å². The third-order valence-electron chi connectivity index (χ3n) is 2.46. The molecule has 8 nitrogen and oxygen atoms in total. The van der Waals surface area contributed by atoms with E-state index in [2.05, 4.69) is 10.1 Å². The highest BCUT2D eigenvalue weighted by Gasteiger charge is 2.27. The number of nitrogen functional groups attached to an aromatic ring is 1. The van der Waals surface area contributed by atoms with Crippen LogP contribution in [0.25, 0.3) is 0 Å². The molecule has 0 fully saturated rings. The van der Waals surface area contributed by atoms with E-state index in [9.17, 15) is 18.5 Å². The van der Waals surface area contributed by atoms with Gasteiger partial charge in [0.1, 0.15) is 4.21 Å². The second kappa shape index (κ2) is 6.48. The number of hydrazine groups is 1. The van der Waals surface area contributed by atoms with Crippen molar-refractivity contribution < 1.29 is 13.3 Å². The van der Waals surface area contributed by atoms with E-state index in [1.807, 2.05) is 13.8 Å². The van der Waals surface area contributed by atoms with E-state index >= 15 is 0 Å². The topological polar surface area (TPSA) is 127 Å². The fourth-order valence-electron chi connectivity index (χ4n) is 1.81. The van der Waals surface area contributed by atoms with Crippen LogP contribution in [0.1, 0.15) is 27.2 Å². The van der Waals surface area contributed by atoms with Gasteiger partial charge in [0.15, 0.2) is 5.00 Å². The number of sulfonamides is 1. The Hall–Kier alpha value is -1.23. The molecule has 1 aromatic heterocycles. The maximum absolute atomic E-state index is 12.1. The Morgan fingerprint density at radius 1 is 1.45 bits per heavy atom. The number of anilines is 1. The molecule has 0 aromatic carbocycles. The zero-order chi connectivity index (χ0) is 15.5. The van der Waals surface area contributed by atoms with Crippen LogP contribution in [0, 0.1) is 16.0 Å². The van der Waals surface area contributed by atoms with Crippen molar-refractivity contribution in [3.8, 4) is 0 Å². The van der Waals surface area contributed by atoms with E-state index in [1.165, 1.54) is 0 Å². The summed E-state index contributed by atoms with van der Waals surface area (Å²) in [4.78, 5) is 10.1. The van der Waals surface area contributed by atoms with Crippen LogP contribution in [0.3, 0.4) is 0 Å². The van der Waals surface area contributed by atoms with Crippen molar-refractivity contribution in [3.63, 3.8) is 0 Å². The van der Waals surface area contributed by atoms with E-state index in [0.29, 0.717) is 12.3 Å². The monoisotopic (exact) mass is 322 g/mol. The lowest BCUT2D eigenvalue weighted by Crippen LogP contribution is -2.33. The Bertz CT molecular complexity index is 582. The van der Waals surface area contributed by atoms with Gasteiger partial charge in [0.05, 0.1) is 4.92 Å². The Kier molecular flexibility index (Phi) is 5.45. The van der Waals surface area contributed by atoms with Crippen molar-refractivity contribution in [3.05, 3.63) is 16.2 Å². The Morgan fingerprint density at radius 2 is 2.05 bits per heavy atom. The molecule has 1 heterocycles. The third-order valence-corrected chi connectivity index (χ3v) is 5.58. The fraction of sp³-hybridized carbons (Fsp3) is 0.600. The molecule has 1 rings (SSSR count). The van der Waals surface area contributed by atoms with Gasteiger partial charge in [0.2, 0.25) is 0 Å². The van der Waals surface area contributed by atoms with E-state index in [4.69, 9.17) is 5.84 Å². The second-order valence-electron chi connectivity index (χ2n) is 4.83. The highest BCUT2D eigenvalue weighted by molar-refractivity contribution is 7.91. The predicted molar refractivity (Wildman–Crippen MR) is 78.0 cm³/mol. The standard InChI is InChI=1S/C10H18N4O4S2/c1-6(2)4-7(3)13-20(17,18)9-5-8(14(15)16)10(12-11)19-9/h5-7,12-13H,4,11H2,1-3H3. The zero-order valence-corrected chi connectivity index (χ0v) is 13.0. The van der Waals surface area contributed by atoms with E-state index in [0.717, 1.165) is 17.4 Å². The molecule has 1 aromatic rings. The van der Waals surface area contributed by atoms with Crippen molar-refractivity contribution >= 4 is 32.0 Å². The summed E-state index contributed by atoms with van der Waals surface area (Å²) in [6.07, 6.45) is 0.675. The molecular formula is C10H18N4O4S2. The van der Waals surface area contributed by atoms with Crippen LogP contribution in [0.4, 0.5) is 10.7 Å². The Balaban J connectivity index is 3.01. The molecule has 0 saturated heterocycles. The average Bonchev–Trinajstić information content (AvgIpc) is 2.71. The highest BCUT2D eigenvalue weighted by Crippen LogP contribution is 2.36. The summed E-state index contributed by atoms with van der Waals surface area (Å²) in [6, 6.07) is 0.750. The van der Waals surface area contributed by atoms with Gasteiger partial charge in [-0.3, -0.25) is 10.1 Å². The number of nitro groups is 1. The molecule has 0 spiro atoms. The molecule has 0 aliphatic carbocycles. The zero-order valence-electron chi connectivity index (χ0n) is 11.4. The van der Waals surface area contributed by atoms with Gasteiger partial charge >= 0.3 is 5.69 Å². The van der Waals surface area contributed by atoms with Gasteiger partial charge in [-0.25, -0.2) is 19.0 Å². The van der Waals surface area contributed by atoms with Gasteiger partial charge < -0.3 is 5.43 Å². The molecular weight excluding hydrogens is 304 g/mol. The molecule has 1 atom stereocenters. The fourth-order valence-corrected chi connectivity index (χ4v) is 4.32. The molecule has 0 aliphatic rings. The first-order valence-corrected chi connectivity index (χ1v) is 8.24. The van der Waals surface area contributed by atoms with Gasteiger partial charge in [0, 0.05) is 12.1 Å². The number of hydrogen-bond donors (Lipinski definition) is 3. The summed E-state index contributed by atoms with van der Waals surface area (Å²) in [5.74, 6) is 5.49. The molecule has 4 N–H and O–H groups in total. The smallest absolute Gasteiger partial charge is 0.306 e. The largest absolute Gasteiger partial charge is 0.310 e. The lowest BCUT2D eigenvalue weighted by Gasteiger charge is -2.15. The lowest BCUT2D eigenvalue weighted by atomic mass is 10.1. The van der Waals surface area contributed by atoms with Crippen molar-refractivity contribution in [1.82, 2.24) is 4.72 Å². The van der Waals surface area contributed by atoms with Crippen LogP contribution in [-0.4, -0.2) is 19.4 Å². The average molecular weight is 322 g/mol. The summed E-state index contributed by atoms with van der Waals surface area (Å²) in [5.41, 5.74) is 1.79. The van der Waals surface area contributed by atoms with Gasteiger partial charge in [-0.15, -0.1) is 0 Å². The number of nitrogens with two attached hydrogens (primary N) is 1. The molecule has 114 valence electrons. The summed E-state index contributed by atoms with van der Waals surface area (Å²) in [7, 11) is -3.78. The van der Waals surface area contributed by atoms with Gasteiger partial charge in [-0.05, 0) is 19.3 Å². The van der Waals surface area contributed by atoms with E-state index in [-0.39, 0.29) is 20.9 Å². The molecule has 0 amide bonds. The molecule has 0 aliphatic heterocycles. The first-order chi connectivity index (χ1) is 9.17. The number of thiophene rings is 1. The molecule has 1 unspecified atom stereocenters. The van der Waals surface area contributed by atoms with Gasteiger partial charge in [0.25, 0.3) is 10.0 Å². The minimum absolute atomic E-state index is 0.00638. The van der Waals surface area contributed by atoms with Crippen molar-refractivity contribution in [1.29, 1.82) is 0 Å². The van der Waals surface area contributed by atoms with Gasteiger partial charge in [-0.1, -0.05) is 25.2 Å². The molecule has 20 heavy (non-hydrogen) atoms. The van der Waals surface area contributed by atoms with Crippen LogP contribution in [0.2, 0.25) is 0 Å². The summed E-state index contributed by atoms with van der Waals surface area (Å²) >= 11 is 0.727. The molecule has 10 heteroatoms. The van der Waals surface area contributed by atoms with E-state index in [1.54, 1.807) is 6.92 Å². The van der Waals surface area contributed by atoms with Crippen molar-refractivity contribution in [2.24, 2.45) is 11.8 Å². The molecule has 0 bridgehead atoms. The first-order valence-electron chi connectivity index (χ1n) is 5.94. The molecule has 0 radical (unpaired) electrons. The second-order valence-corrected chi connectivity index (χ2v) is 7.83. The number of hydrogen-bond acceptors (Lipinski definition) is 7. The van der Waals surface area contributed by atoms with Crippen LogP contribution in [0.5, 0.6) is 0 Å². The van der Waals surface area contributed by atoms with E-state index < -0.39 is 14.9 Å². The minimum atomic E-state index is -3.78. The van der Waals surface area contributed by atoms with Crippen LogP contribution in [-0.2, 0) is 10.0 Å². The first kappa shape index (κ1) is 16.8. The quantitative estimate of drug-likeness (QED) is 0.398. The van der Waals surface area contributed by atoms with Crippen molar-refractivity contribution in [2.75, 3.05) is 5.43 Å². The van der Waals surface area contributed by atoms with Crippen LogP contribution in [0.15, 0.2) is 10.3 Å². The Morgan fingerprint density at radius 3 is 2.45 bits per heavy atom. The summed E-state index contributed by atoms with van der Waals surface area (Å²) in [6.45, 7) is 5.72. The Labute approximate surface area is 121 Å². The van der Waals surface area contributed by atoms with Crippen molar-refractivity contribution in [2.45, 2.75) is 37.4 Å². The van der Waals surface area contributed by atoms with Gasteiger partial charge in [-0.2, -0.15) is 0 Å². The predicted octanol–water partition coefficient (Wildman–Crippen LogP) is 1.65. The molecule has 0 saturated carbocycles. The number of rotatable bonds is 7. The third kappa shape index (κ3) is 4.13. The SMILES string of the molecule is CC(C)CC(C)NS(=O)(=O)c1cc([N+](=O)[O-])c(NN)s1.